The SMILES string of the molecule is C#C.C=CC.CCC. The van der Waals surface area contributed by atoms with E-state index in [0.717, 1.165) is 0 Å². The monoisotopic (exact) mass is 112 g/mol. The number of rotatable bonds is 0. The third kappa shape index (κ3) is 200. The van der Waals surface area contributed by atoms with Gasteiger partial charge in [-0.15, -0.1) is 19.4 Å². The highest BCUT2D eigenvalue weighted by Gasteiger charge is 1.35. The van der Waals surface area contributed by atoms with Crippen LogP contribution in [0, 0.1) is 12.8 Å². The third-order valence-electron chi connectivity index (χ3n) is 0. The first-order valence-corrected chi connectivity index (χ1v) is 2.73. The standard InChI is InChI=1S/C3H8.C3H6.C2H2/c2*1-3-2;1-2/h3H2,1-2H3;3H,1H2,2H3;1-2H. The van der Waals surface area contributed by atoms with Crippen LogP contribution in [0.15, 0.2) is 12.7 Å². The summed E-state index contributed by atoms with van der Waals surface area (Å²) in [6, 6.07) is 0. The highest BCUT2D eigenvalue weighted by molar-refractivity contribution is 4.51. The zero-order valence-electron chi connectivity index (χ0n) is 6.15. The maximum Gasteiger partial charge on any atom is -0.0473 e. The molecule has 0 saturated carbocycles. The molecule has 0 nitrogen and oxygen atoms in total. The van der Waals surface area contributed by atoms with E-state index < -0.39 is 0 Å². The molecule has 0 heterocycles. The van der Waals surface area contributed by atoms with Crippen molar-refractivity contribution in [3.05, 3.63) is 12.7 Å². The molecule has 0 N–H and O–H groups in total. The van der Waals surface area contributed by atoms with Gasteiger partial charge in [-0.05, 0) is 6.92 Å². The highest BCUT2D eigenvalue weighted by Crippen LogP contribution is 1.56. The Morgan fingerprint density at radius 1 is 1.38 bits per heavy atom. The molecule has 0 aromatic heterocycles. The second kappa shape index (κ2) is 105. The van der Waals surface area contributed by atoms with Crippen LogP contribution in [0.25, 0.3) is 0 Å². The molecule has 0 aliphatic carbocycles. The quantitative estimate of drug-likeness (QED) is 0.334. The molecule has 0 fully saturated rings. The van der Waals surface area contributed by atoms with Gasteiger partial charge < -0.3 is 0 Å². The van der Waals surface area contributed by atoms with Crippen LogP contribution in [0.5, 0.6) is 0 Å². The Balaban J connectivity index is -0.0000000483. The minimum absolute atomic E-state index is 1.25. The highest BCUT2D eigenvalue weighted by atomic mass is 13.4. The molecule has 0 aliphatic heterocycles. The van der Waals surface area contributed by atoms with Crippen molar-refractivity contribution in [3.8, 4) is 12.8 Å². The molecule has 0 spiro atoms. The van der Waals surface area contributed by atoms with Crippen LogP contribution < -0.4 is 0 Å². The summed E-state index contributed by atoms with van der Waals surface area (Å²) >= 11 is 0. The number of allylic oxidation sites excluding steroid dienone is 1. The molecule has 8 heavy (non-hydrogen) atoms. The molecule has 0 heteroatoms. The fourth-order valence-electron chi connectivity index (χ4n) is 0. The Morgan fingerprint density at radius 2 is 1.38 bits per heavy atom. The molecule has 0 saturated heterocycles. The summed E-state index contributed by atoms with van der Waals surface area (Å²) < 4.78 is 0. The van der Waals surface area contributed by atoms with Gasteiger partial charge in [0.2, 0.25) is 0 Å². The van der Waals surface area contributed by atoms with Gasteiger partial charge in [0.05, 0.1) is 0 Å². The van der Waals surface area contributed by atoms with Gasteiger partial charge in [-0.25, -0.2) is 0 Å². The summed E-state index contributed by atoms with van der Waals surface area (Å²) in [5.74, 6) is 0. The zero-order chi connectivity index (χ0) is 7.41. The van der Waals surface area contributed by atoms with Crippen LogP contribution in [-0.4, -0.2) is 0 Å². The second-order valence-corrected chi connectivity index (χ2v) is 1.12. The lowest BCUT2D eigenvalue weighted by Gasteiger charge is -1.48. The van der Waals surface area contributed by atoms with E-state index in [9.17, 15) is 0 Å². The van der Waals surface area contributed by atoms with Crippen molar-refractivity contribution in [1.29, 1.82) is 0 Å². The van der Waals surface area contributed by atoms with Crippen molar-refractivity contribution >= 4 is 0 Å². The van der Waals surface area contributed by atoms with Gasteiger partial charge in [0.1, 0.15) is 0 Å². The molecule has 0 radical (unpaired) electrons. The topological polar surface area (TPSA) is 0 Å². The molecule has 0 aromatic rings. The summed E-state index contributed by atoms with van der Waals surface area (Å²) in [6.45, 7) is 9.50. The van der Waals surface area contributed by atoms with Crippen molar-refractivity contribution in [1.82, 2.24) is 0 Å². The Morgan fingerprint density at radius 3 is 1.38 bits per heavy atom. The van der Waals surface area contributed by atoms with E-state index in [2.05, 4.69) is 33.3 Å². The van der Waals surface area contributed by atoms with Crippen molar-refractivity contribution in [2.75, 3.05) is 0 Å². The molecular formula is C8H16. The largest absolute Gasteiger partial charge is 0.124 e. The zero-order valence-corrected chi connectivity index (χ0v) is 6.15. The Bertz CT molecular complexity index is 32.5. The van der Waals surface area contributed by atoms with E-state index in [0.29, 0.717) is 0 Å². The first kappa shape index (κ1) is 15.7. The second-order valence-electron chi connectivity index (χ2n) is 1.12. The molecule has 0 amide bonds. The van der Waals surface area contributed by atoms with Crippen LogP contribution >= 0.6 is 0 Å². The van der Waals surface area contributed by atoms with E-state index in [4.69, 9.17) is 0 Å². The summed E-state index contributed by atoms with van der Waals surface area (Å²) in [6.07, 6.45) is 11.0. The molecule has 0 atom stereocenters. The Labute approximate surface area is 53.6 Å². The number of hydrogen-bond donors (Lipinski definition) is 0. The maximum atomic E-state index is 4.00. The molecule has 0 bridgehead atoms. The van der Waals surface area contributed by atoms with E-state index in [1.165, 1.54) is 6.42 Å². The van der Waals surface area contributed by atoms with E-state index >= 15 is 0 Å². The van der Waals surface area contributed by atoms with Crippen molar-refractivity contribution < 1.29 is 0 Å². The smallest absolute Gasteiger partial charge is 0.0473 e. The predicted molar refractivity (Wildman–Crippen MR) is 41.7 cm³/mol. The lowest BCUT2D eigenvalue weighted by atomic mass is 10.6. The van der Waals surface area contributed by atoms with E-state index in [-0.39, 0.29) is 0 Å². The van der Waals surface area contributed by atoms with Crippen molar-refractivity contribution in [3.63, 3.8) is 0 Å². The first-order valence-electron chi connectivity index (χ1n) is 2.73. The molecular weight excluding hydrogens is 96.1 g/mol. The lowest BCUT2D eigenvalue weighted by Crippen LogP contribution is -1.27. The van der Waals surface area contributed by atoms with E-state index in [1.54, 1.807) is 6.08 Å². The summed E-state index contributed by atoms with van der Waals surface area (Å²) in [4.78, 5) is 0. The van der Waals surface area contributed by atoms with Crippen LogP contribution in [-0.2, 0) is 0 Å². The number of terminal acetylenes is 1. The van der Waals surface area contributed by atoms with Gasteiger partial charge >= 0.3 is 0 Å². The van der Waals surface area contributed by atoms with E-state index in [1.807, 2.05) is 6.92 Å². The maximum absolute atomic E-state index is 4.00. The minimum atomic E-state index is 1.25. The fraction of sp³-hybridized carbons (Fsp3) is 0.500. The van der Waals surface area contributed by atoms with Gasteiger partial charge in [0.25, 0.3) is 0 Å². The van der Waals surface area contributed by atoms with Gasteiger partial charge in [-0.2, -0.15) is 0 Å². The molecule has 0 aliphatic rings. The molecule has 0 unspecified atom stereocenters. The van der Waals surface area contributed by atoms with Gasteiger partial charge in [0.15, 0.2) is 0 Å². The normalized spacial score (nSPS) is 4.12. The number of hydrogen-bond acceptors (Lipinski definition) is 0. The van der Waals surface area contributed by atoms with Gasteiger partial charge in [-0.3, -0.25) is 0 Å². The average molecular weight is 112 g/mol. The molecule has 0 aromatic carbocycles. The fourth-order valence-corrected chi connectivity index (χ4v) is 0. The van der Waals surface area contributed by atoms with Gasteiger partial charge in [-0.1, -0.05) is 26.3 Å². The summed E-state index contributed by atoms with van der Waals surface area (Å²) in [5.41, 5.74) is 0. The molecule has 0 rings (SSSR count). The summed E-state index contributed by atoms with van der Waals surface area (Å²) in [5, 5.41) is 0. The first-order chi connectivity index (χ1) is 3.83. The summed E-state index contributed by atoms with van der Waals surface area (Å²) in [7, 11) is 0. The predicted octanol–water partition coefficient (Wildman–Crippen LogP) is 2.86. The molecule has 48 valence electrons. The van der Waals surface area contributed by atoms with Crippen molar-refractivity contribution in [2.24, 2.45) is 0 Å². The Kier molecular flexibility index (Phi) is 205. The van der Waals surface area contributed by atoms with Gasteiger partial charge in [0, 0.05) is 0 Å². The minimum Gasteiger partial charge on any atom is -0.124 e. The van der Waals surface area contributed by atoms with Crippen LogP contribution in [0.2, 0.25) is 0 Å². The lowest BCUT2D eigenvalue weighted by molar-refractivity contribution is 1.09. The Hall–Kier alpha value is -0.700. The van der Waals surface area contributed by atoms with Crippen LogP contribution in [0.1, 0.15) is 27.2 Å². The van der Waals surface area contributed by atoms with Crippen molar-refractivity contribution in [2.45, 2.75) is 27.2 Å². The third-order valence-corrected chi connectivity index (χ3v) is 0. The average Bonchev–Trinajstić information content (AvgIpc) is 1.75. The van der Waals surface area contributed by atoms with Crippen LogP contribution in [0.4, 0.5) is 0 Å². The van der Waals surface area contributed by atoms with Crippen LogP contribution in [0.3, 0.4) is 0 Å².